The van der Waals surface area contributed by atoms with Crippen molar-refractivity contribution in [3.63, 3.8) is 0 Å². The zero-order valence-electron chi connectivity index (χ0n) is 33.6. The first kappa shape index (κ1) is 55.7. The fourth-order valence-corrected chi connectivity index (χ4v) is 8.08. The van der Waals surface area contributed by atoms with Gasteiger partial charge in [0.15, 0.2) is 5.75 Å². The minimum Gasteiger partial charge on any atom is -0.744 e. The van der Waals surface area contributed by atoms with E-state index < -0.39 is 71.5 Å². The van der Waals surface area contributed by atoms with Gasteiger partial charge in [-0.15, -0.1) is 25.6 Å². The Hall–Kier alpha value is -2.64. The minimum absolute atomic E-state index is 0. The van der Waals surface area contributed by atoms with Crippen LogP contribution in [0.1, 0.15) is 0 Å². The summed E-state index contributed by atoms with van der Waals surface area (Å²) in [5.74, 6) is -0.711. The van der Waals surface area contributed by atoms with Gasteiger partial charge in [0.05, 0.1) is 48.0 Å². The summed E-state index contributed by atoms with van der Waals surface area (Å²) in [5.41, 5.74) is 5.09. The maximum Gasteiger partial charge on any atom is 1.00 e. The maximum atomic E-state index is 12.2. The van der Waals surface area contributed by atoms with Crippen LogP contribution in [0, 0.1) is 0 Å². The van der Waals surface area contributed by atoms with Crippen LogP contribution in [0.25, 0.3) is 32.3 Å². The van der Waals surface area contributed by atoms with Gasteiger partial charge in [0.2, 0.25) is 0 Å². The SMILES string of the molecule is Nc1ccc2c(O)c(N=Nc3ccc(N=Nc4ccc(N=Nc5cccc(S(=O)(=O)[O-])c5)c5ccc(S(=O)(=O)[O-])cc45)c4cc(S(=O)(=O)[O-])ccc34)c(S(=O)(=O)[O-])cc2c1.[Na+].[Na+].[Na+].[Na+]. The molecule has 306 valence electrons. The van der Waals surface area contributed by atoms with Crippen molar-refractivity contribution in [3.05, 3.63) is 109 Å². The Bertz CT molecular complexity index is 3550. The number of aromatic hydroxyl groups is 1. The van der Waals surface area contributed by atoms with Crippen molar-refractivity contribution < 1.29 is 175 Å². The van der Waals surface area contributed by atoms with Crippen molar-refractivity contribution >= 4 is 113 Å². The van der Waals surface area contributed by atoms with Gasteiger partial charge in [0.1, 0.15) is 46.2 Å². The fourth-order valence-electron chi connectivity index (χ4n) is 5.93. The molecule has 0 heterocycles. The van der Waals surface area contributed by atoms with Crippen LogP contribution in [0.5, 0.6) is 5.75 Å². The molecule has 0 aromatic heterocycles. The summed E-state index contributed by atoms with van der Waals surface area (Å²) in [5, 5.41) is 35.8. The maximum absolute atomic E-state index is 12.2. The zero-order valence-corrected chi connectivity index (χ0v) is 44.9. The molecule has 28 heteroatoms. The number of anilines is 1. The first-order valence-electron chi connectivity index (χ1n) is 16.5. The van der Waals surface area contributed by atoms with Gasteiger partial charge < -0.3 is 29.1 Å². The average molecular weight is 980 g/mol. The summed E-state index contributed by atoms with van der Waals surface area (Å²) < 4.78 is 143. The van der Waals surface area contributed by atoms with Crippen molar-refractivity contribution in [2.75, 3.05) is 5.73 Å². The standard InChI is InChI=1S/C36H25N7O13S4.4Na/c37-20-4-7-25-19(14-20)15-34(60(54,55)56)35(36(25)44)43-42-31-11-13-33(29-18-24(59(51,52)53)6-9-27(29)31)41-40-32-12-10-30(26-8-5-23(17-28(26)32)58(48,49)50)39-38-21-2-1-3-22(16-21)57(45,46)47;;;;/h1-18,44H,37H2,(H,45,46,47)(H,48,49,50)(H,51,52,53)(H,54,55,56);;;;/q;4*+1/p-4. The smallest absolute Gasteiger partial charge is 0.744 e. The van der Waals surface area contributed by atoms with E-state index in [-0.39, 0.29) is 185 Å². The summed E-state index contributed by atoms with van der Waals surface area (Å²) >= 11 is 0. The van der Waals surface area contributed by atoms with E-state index in [1.54, 1.807) is 0 Å². The van der Waals surface area contributed by atoms with E-state index in [2.05, 4.69) is 30.7 Å². The van der Waals surface area contributed by atoms with E-state index in [1.807, 2.05) is 0 Å². The molecule has 3 N–H and O–H groups in total. The number of hydrogen-bond acceptors (Lipinski definition) is 20. The molecule has 20 nitrogen and oxygen atoms in total. The molecule has 0 aliphatic heterocycles. The van der Waals surface area contributed by atoms with Gasteiger partial charge in [-0.2, -0.15) is 5.11 Å². The summed E-state index contributed by atoms with van der Waals surface area (Å²) in [6, 6.07) is 21.3. The Morgan fingerprint density at radius 3 is 1.31 bits per heavy atom. The summed E-state index contributed by atoms with van der Waals surface area (Å²) in [7, 11) is -20.1. The number of nitrogen functional groups attached to an aromatic ring is 1. The molecule has 0 atom stereocenters. The number of fused-ring (bicyclic) bond motifs is 3. The quantitative estimate of drug-likeness (QED) is 0.0563. The van der Waals surface area contributed by atoms with Gasteiger partial charge in [0, 0.05) is 32.6 Å². The molecule has 0 bridgehead atoms. The molecule has 0 fully saturated rings. The molecule has 0 saturated heterocycles. The molecule has 7 aromatic carbocycles. The molecule has 0 radical (unpaired) electrons. The second-order valence-electron chi connectivity index (χ2n) is 12.6. The van der Waals surface area contributed by atoms with Crippen molar-refractivity contribution in [2.24, 2.45) is 30.7 Å². The van der Waals surface area contributed by atoms with E-state index in [0.29, 0.717) is 0 Å². The molecule has 0 saturated carbocycles. The van der Waals surface area contributed by atoms with Crippen LogP contribution in [0.4, 0.5) is 39.8 Å². The molecule has 64 heavy (non-hydrogen) atoms. The average Bonchev–Trinajstić information content (AvgIpc) is 3.17. The first-order valence-corrected chi connectivity index (χ1v) is 22.1. The molecular formula is C36H21N7Na4O13S4. The van der Waals surface area contributed by atoms with E-state index in [4.69, 9.17) is 5.73 Å². The minimum atomic E-state index is -5.25. The van der Waals surface area contributed by atoms with Crippen molar-refractivity contribution in [2.45, 2.75) is 19.6 Å². The zero-order chi connectivity index (χ0) is 43.4. The Morgan fingerprint density at radius 1 is 0.422 bits per heavy atom. The van der Waals surface area contributed by atoms with Gasteiger partial charge >= 0.3 is 118 Å². The monoisotopic (exact) mass is 979 g/mol. The molecule has 0 spiro atoms. The summed E-state index contributed by atoms with van der Waals surface area (Å²) in [6.07, 6.45) is 0. The third-order valence-corrected chi connectivity index (χ3v) is 12.1. The second kappa shape index (κ2) is 21.5. The Morgan fingerprint density at radius 2 is 0.844 bits per heavy atom. The van der Waals surface area contributed by atoms with Gasteiger partial charge in [0.25, 0.3) is 0 Å². The Kier molecular flexibility index (Phi) is 18.7. The predicted molar refractivity (Wildman–Crippen MR) is 209 cm³/mol. The number of nitrogens with two attached hydrogens (primary N) is 1. The number of benzene rings is 7. The van der Waals surface area contributed by atoms with E-state index in [0.717, 1.165) is 42.5 Å². The molecular weight excluding hydrogens is 959 g/mol. The molecule has 7 rings (SSSR count). The summed E-state index contributed by atoms with van der Waals surface area (Å²) in [4.78, 5) is -2.84. The molecule has 0 amide bonds. The van der Waals surface area contributed by atoms with Crippen LogP contribution in [-0.4, -0.2) is 57.0 Å². The van der Waals surface area contributed by atoms with Crippen molar-refractivity contribution in [3.8, 4) is 5.75 Å². The van der Waals surface area contributed by atoms with Crippen molar-refractivity contribution in [1.29, 1.82) is 0 Å². The van der Waals surface area contributed by atoms with Crippen LogP contribution >= 0.6 is 0 Å². The number of nitrogens with zero attached hydrogens (tertiary/aromatic N) is 6. The van der Waals surface area contributed by atoms with Crippen LogP contribution in [-0.2, 0) is 40.5 Å². The number of phenolic OH excluding ortho intramolecular Hbond substituents is 1. The van der Waals surface area contributed by atoms with Crippen LogP contribution in [0.2, 0.25) is 0 Å². The van der Waals surface area contributed by atoms with Crippen LogP contribution in [0.15, 0.2) is 159 Å². The Labute approximate surface area is 452 Å². The van der Waals surface area contributed by atoms with Crippen LogP contribution < -0.4 is 124 Å². The van der Waals surface area contributed by atoms with E-state index >= 15 is 0 Å². The molecule has 0 unspecified atom stereocenters. The molecule has 0 aliphatic rings. The van der Waals surface area contributed by atoms with Crippen molar-refractivity contribution in [1.82, 2.24) is 0 Å². The largest absolute Gasteiger partial charge is 1.00 e. The third-order valence-electron chi connectivity index (χ3n) is 8.71. The summed E-state index contributed by atoms with van der Waals surface area (Å²) in [6.45, 7) is 0. The van der Waals surface area contributed by atoms with Gasteiger partial charge in [-0.25, -0.2) is 33.7 Å². The molecule has 0 aliphatic carbocycles. The van der Waals surface area contributed by atoms with Gasteiger partial charge in [-0.1, -0.05) is 18.2 Å². The first-order chi connectivity index (χ1) is 28.1. The molecule has 7 aromatic rings. The normalized spacial score (nSPS) is 12.3. The van der Waals surface area contributed by atoms with Crippen LogP contribution in [0.3, 0.4) is 0 Å². The van der Waals surface area contributed by atoms with Gasteiger partial charge in [-0.05, 0) is 96.4 Å². The predicted octanol–water partition coefficient (Wildman–Crippen LogP) is -4.69. The fraction of sp³-hybridized carbons (Fsp3) is 0. The number of rotatable bonds is 10. The number of phenols is 1. The topological polar surface area (TPSA) is 349 Å². The third kappa shape index (κ3) is 12.5. The number of azo groups is 3. The van der Waals surface area contributed by atoms with Gasteiger partial charge in [-0.3, -0.25) is 0 Å². The second-order valence-corrected chi connectivity index (χ2v) is 18.1. The van der Waals surface area contributed by atoms with E-state index in [9.17, 15) is 57.0 Å². The number of hydrogen-bond donors (Lipinski definition) is 2. The Balaban J connectivity index is 0.00000272. The van der Waals surface area contributed by atoms with E-state index in [1.165, 1.54) is 66.7 Å².